The maximum Gasteiger partial charge on any atom is 0.0386 e. The van der Waals surface area contributed by atoms with Gasteiger partial charge >= 0.3 is 0 Å². The van der Waals surface area contributed by atoms with Crippen LogP contribution in [0.5, 0.6) is 0 Å². The van der Waals surface area contributed by atoms with E-state index in [1.807, 2.05) is 0 Å². The number of hydrogen-bond acceptors (Lipinski definition) is 1. The SMILES string of the molecule is CCCC[C@H](CC)/C(=N\CCC)C(C)CC. The van der Waals surface area contributed by atoms with Crippen LogP contribution in [0, 0.1) is 11.8 Å². The van der Waals surface area contributed by atoms with E-state index in [4.69, 9.17) is 4.99 Å². The molecule has 1 unspecified atom stereocenters. The van der Waals surface area contributed by atoms with Gasteiger partial charge in [0.1, 0.15) is 0 Å². The summed E-state index contributed by atoms with van der Waals surface area (Å²) in [5.41, 5.74) is 1.50. The summed E-state index contributed by atoms with van der Waals surface area (Å²) in [6.45, 7) is 12.4. The Morgan fingerprint density at radius 3 is 2.12 bits per heavy atom. The Bertz CT molecular complexity index is 184. The molecule has 0 saturated heterocycles. The van der Waals surface area contributed by atoms with Crippen LogP contribution >= 0.6 is 0 Å². The van der Waals surface area contributed by atoms with E-state index >= 15 is 0 Å². The lowest BCUT2D eigenvalue weighted by Gasteiger charge is -2.22. The second kappa shape index (κ2) is 9.86. The number of aliphatic imine (C=N–C) groups is 1. The molecule has 0 spiro atoms. The first-order chi connectivity index (χ1) is 7.71. The summed E-state index contributed by atoms with van der Waals surface area (Å²) in [5.74, 6) is 1.41. The Balaban J connectivity index is 4.55. The number of nitrogens with zero attached hydrogens (tertiary/aromatic N) is 1. The minimum absolute atomic E-state index is 0.674. The van der Waals surface area contributed by atoms with Crippen molar-refractivity contribution in [3.8, 4) is 0 Å². The van der Waals surface area contributed by atoms with Gasteiger partial charge in [-0.15, -0.1) is 0 Å². The van der Waals surface area contributed by atoms with E-state index in [9.17, 15) is 0 Å². The first kappa shape index (κ1) is 15.7. The van der Waals surface area contributed by atoms with Gasteiger partial charge in [-0.05, 0) is 37.5 Å². The highest BCUT2D eigenvalue weighted by Crippen LogP contribution is 2.21. The van der Waals surface area contributed by atoms with E-state index in [2.05, 4.69) is 34.6 Å². The van der Waals surface area contributed by atoms with Gasteiger partial charge in [0.05, 0.1) is 0 Å². The minimum Gasteiger partial charge on any atom is -0.294 e. The van der Waals surface area contributed by atoms with E-state index in [0.717, 1.165) is 12.5 Å². The Kier molecular flexibility index (Phi) is 9.66. The molecule has 0 amide bonds. The van der Waals surface area contributed by atoms with Crippen LogP contribution < -0.4 is 0 Å². The number of hydrogen-bond donors (Lipinski definition) is 0. The van der Waals surface area contributed by atoms with Crippen LogP contribution in [0.4, 0.5) is 0 Å². The zero-order valence-corrected chi connectivity index (χ0v) is 12.1. The first-order valence-electron chi connectivity index (χ1n) is 7.25. The van der Waals surface area contributed by atoms with Gasteiger partial charge < -0.3 is 0 Å². The zero-order valence-electron chi connectivity index (χ0n) is 12.1. The molecule has 0 rings (SSSR count). The highest BCUT2D eigenvalue weighted by molar-refractivity contribution is 5.88. The van der Waals surface area contributed by atoms with Crippen LogP contribution in [0.2, 0.25) is 0 Å². The third-order valence-corrected chi connectivity index (χ3v) is 3.45. The standard InChI is InChI=1S/C15H31N/c1-6-10-11-14(9-4)15(13(5)8-3)16-12-7-2/h13-14H,6-12H2,1-5H3/b16-15-/t13?,14-/m0/s1. The van der Waals surface area contributed by atoms with Crippen LogP contribution in [0.25, 0.3) is 0 Å². The largest absolute Gasteiger partial charge is 0.294 e. The highest BCUT2D eigenvalue weighted by Gasteiger charge is 2.18. The van der Waals surface area contributed by atoms with Gasteiger partial charge in [-0.1, -0.05) is 47.5 Å². The Morgan fingerprint density at radius 1 is 1.00 bits per heavy atom. The molecular weight excluding hydrogens is 194 g/mol. The van der Waals surface area contributed by atoms with Gasteiger partial charge in [0.25, 0.3) is 0 Å². The first-order valence-corrected chi connectivity index (χ1v) is 7.25. The third kappa shape index (κ3) is 5.67. The quantitative estimate of drug-likeness (QED) is 0.484. The predicted molar refractivity (Wildman–Crippen MR) is 75.4 cm³/mol. The third-order valence-electron chi connectivity index (χ3n) is 3.45. The summed E-state index contributed by atoms with van der Waals surface area (Å²) in [5, 5.41) is 0. The molecule has 0 fully saturated rings. The van der Waals surface area contributed by atoms with Gasteiger partial charge in [-0.25, -0.2) is 0 Å². The molecule has 0 N–H and O–H groups in total. The summed E-state index contributed by atoms with van der Waals surface area (Å²) in [6.07, 6.45) is 7.64. The number of unbranched alkanes of at least 4 members (excludes halogenated alkanes) is 1. The van der Waals surface area contributed by atoms with Gasteiger partial charge in [-0.3, -0.25) is 4.99 Å². The Labute approximate surface area is 103 Å². The van der Waals surface area contributed by atoms with E-state index in [-0.39, 0.29) is 0 Å². The van der Waals surface area contributed by atoms with Crippen molar-refractivity contribution >= 4 is 5.71 Å². The van der Waals surface area contributed by atoms with Crippen molar-refractivity contribution in [2.24, 2.45) is 16.8 Å². The average molecular weight is 225 g/mol. The van der Waals surface area contributed by atoms with Crippen molar-refractivity contribution in [1.29, 1.82) is 0 Å². The lowest BCUT2D eigenvalue weighted by atomic mass is 9.86. The van der Waals surface area contributed by atoms with Gasteiger partial charge in [0.2, 0.25) is 0 Å². The van der Waals surface area contributed by atoms with Crippen molar-refractivity contribution in [3.05, 3.63) is 0 Å². The summed E-state index contributed by atoms with van der Waals surface area (Å²) < 4.78 is 0. The van der Waals surface area contributed by atoms with E-state index in [1.54, 1.807) is 0 Å². The number of rotatable bonds is 9. The molecule has 0 radical (unpaired) electrons. The second-order valence-electron chi connectivity index (χ2n) is 4.86. The average Bonchev–Trinajstić information content (AvgIpc) is 2.32. The van der Waals surface area contributed by atoms with Crippen molar-refractivity contribution in [2.75, 3.05) is 6.54 Å². The molecule has 16 heavy (non-hydrogen) atoms. The van der Waals surface area contributed by atoms with E-state index in [1.165, 1.54) is 44.2 Å². The topological polar surface area (TPSA) is 12.4 Å². The Morgan fingerprint density at radius 2 is 1.69 bits per heavy atom. The molecule has 0 aromatic heterocycles. The van der Waals surface area contributed by atoms with Gasteiger partial charge in [0.15, 0.2) is 0 Å². The van der Waals surface area contributed by atoms with Crippen molar-refractivity contribution in [3.63, 3.8) is 0 Å². The summed E-state index contributed by atoms with van der Waals surface area (Å²) >= 11 is 0. The van der Waals surface area contributed by atoms with E-state index in [0.29, 0.717) is 5.92 Å². The predicted octanol–water partition coefficient (Wildman–Crippen LogP) is 5.10. The molecule has 0 aromatic rings. The van der Waals surface area contributed by atoms with Crippen LogP contribution in [0.1, 0.15) is 73.1 Å². The maximum atomic E-state index is 4.85. The fraction of sp³-hybridized carbons (Fsp3) is 0.933. The molecule has 0 heterocycles. The zero-order chi connectivity index (χ0) is 12.4. The summed E-state index contributed by atoms with van der Waals surface area (Å²) in [7, 11) is 0. The molecule has 0 aliphatic rings. The molecule has 96 valence electrons. The van der Waals surface area contributed by atoms with Crippen LogP contribution in [-0.2, 0) is 0 Å². The van der Waals surface area contributed by atoms with Gasteiger partial charge in [0, 0.05) is 12.3 Å². The summed E-state index contributed by atoms with van der Waals surface area (Å²) in [6, 6.07) is 0. The summed E-state index contributed by atoms with van der Waals surface area (Å²) in [4.78, 5) is 4.85. The molecule has 0 aliphatic heterocycles. The molecule has 1 nitrogen and oxygen atoms in total. The smallest absolute Gasteiger partial charge is 0.0386 e. The monoisotopic (exact) mass is 225 g/mol. The van der Waals surface area contributed by atoms with E-state index < -0.39 is 0 Å². The molecule has 2 atom stereocenters. The van der Waals surface area contributed by atoms with Crippen molar-refractivity contribution in [2.45, 2.75) is 73.1 Å². The fourth-order valence-corrected chi connectivity index (χ4v) is 2.15. The van der Waals surface area contributed by atoms with Crippen LogP contribution in [0.3, 0.4) is 0 Å². The van der Waals surface area contributed by atoms with Crippen molar-refractivity contribution < 1.29 is 0 Å². The lowest BCUT2D eigenvalue weighted by molar-refractivity contribution is 0.535. The second-order valence-corrected chi connectivity index (χ2v) is 4.86. The molecule has 1 heteroatoms. The Hall–Kier alpha value is -0.330. The molecule has 0 saturated carbocycles. The van der Waals surface area contributed by atoms with Gasteiger partial charge in [-0.2, -0.15) is 0 Å². The fourth-order valence-electron chi connectivity index (χ4n) is 2.15. The van der Waals surface area contributed by atoms with Crippen LogP contribution in [-0.4, -0.2) is 12.3 Å². The normalized spacial score (nSPS) is 16.2. The highest BCUT2D eigenvalue weighted by atomic mass is 14.7. The lowest BCUT2D eigenvalue weighted by Crippen LogP contribution is -2.22. The molecule has 0 aliphatic carbocycles. The molecule has 0 bridgehead atoms. The van der Waals surface area contributed by atoms with Crippen molar-refractivity contribution in [1.82, 2.24) is 0 Å². The maximum absolute atomic E-state index is 4.85. The minimum atomic E-state index is 0.674. The molecular formula is C15H31N. The van der Waals surface area contributed by atoms with Crippen LogP contribution in [0.15, 0.2) is 4.99 Å². The molecule has 0 aromatic carbocycles.